The average molecular weight is 261 g/mol. The van der Waals surface area contributed by atoms with Crippen molar-refractivity contribution in [2.45, 2.75) is 50.0 Å². The van der Waals surface area contributed by atoms with Gasteiger partial charge in [0.05, 0.1) is 12.2 Å². The zero-order valence-electron chi connectivity index (χ0n) is 10.9. The summed E-state index contributed by atoms with van der Waals surface area (Å²) in [7, 11) is 0. The van der Waals surface area contributed by atoms with E-state index in [9.17, 15) is 4.79 Å². The number of nitrogens with two attached hydrogens (primary N) is 1. The van der Waals surface area contributed by atoms with Crippen LogP contribution in [0.2, 0.25) is 0 Å². The van der Waals surface area contributed by atoms with Gasteiger partial charge in [-0.1, -0.05) is 30.3 Å². The van der Waals surface area contributed by atoms with Gasteiger partial charge in [-0.15, -0.1) is 0 Å². The highest BCUT2D eigenvalue weighted by Gasteiger charge is 2.47. The molecule has 0 aromatic heterocycles. The molecule has 4 heteroatoms. The van der Waals surface area contributed by atoms with Gasteiger partial charge >= 0.3 is 5.97 Å². The van der Waals surface area contributed by atoms with E-state index in [1.54, 1.807) is 0 Å². The summed E-state index contributed by atoms with van der Waals surface area (Å²) in [5, 5.41) is 0. The van der Waals surface area contributed by atoms with Crippen molar-refractivity contribution in [2.24, 2.45) is 5.73 Å². The fraction of sp³-hybridized carbons (Fsp3) is 0.533. The molecule has 2 saturated heterocycles. The Bertz CT molecular complexity index is 448. The SMILES string of the molecule is NC1(C(=O)OCc2ccccc2)CC2CCC(C1)O2. The molecule has 0 amide bonds. The molecule has 2 atom stereocenters. The van der Waals surface area contributed by atoms with E-state index in [2.05, 4.69) is 0 Å². The number of rotatable bonds is 3. The van der Waals surface area contributed by atoms with E-state index < -0.39 is 5.54 Å². The molecule has 2 fully saturated rings. The van der Waals surface area contributed by atoms with Crippen LogP contribution in [0.4, 0.5) is 0 Å². The lowest BCUT2D eigenvalue weighted by Gasteiger charge is -2.35. The molecule has 0 aliphatic carbocycles. The molecule has 2 aliphatic heterocycles. The Hall–Kier alpha value is -1.39. The summed E-state index contributed by atoms with van der Waals surface area (Å²) in [4.78, 5) is 12.2. The highest BCUT2D eigenvalue weighted by Crippen LogP contribution is 2.37. The van der Waals surface area contributed by atoms with Gasteiger partial charge < -0.3 is 15.2 Å². The topological polar surface area (TPSA) is 61.6 Å². The lowest BCUT2D eigenvalue weighted by molar-refractivity contribution is -0.158. The minimum absolute atomic E-state index is 0.132. The third-order valence-electron chi connectivity index (χ3n) is 4.00. The summed E-state index contributed by atoms with van der Waals surface area (Å²) in [6, 6.07) is 9.66. The van der Waals surface area contributed by atoms with Crippen LogP contribution in [0.15, 0.2) is 30.3 Å². The average Bonchev–Trinajstić information content (AvgIpc) is 2.77. The predicted molar refractivity (Wildman–Crippen MR) is 70.3 cm³/mol. The maximum absolute atomic E-state index is 12.2. The summed E-state index contributed by atoms with van der Waals surface area (Å²) in [6.07, 6.45) is 3.44. The molecule has 19 heavy (non-hydrogen) atoms. The summed E-state index contributed by atoms with van der Waals surface area (Å²) in [6.45, 7) is 0.287. The van der Waals surface area contributed by atoms with E-state index in [4.69, 9.17) is 15.2 Å². The van der Waals surface area contributed by atoms with Crippen LogP contribution >= 0.6 is 0 Å². The minimum Gasteiger partial charge on any atom is -0.459 e. The number of fused-ring (bicyclic) bond motifs is 2. The highest BCUT2D eigenvalue weighted by atomic mass is 16.5. The normalized spacial score (nSPS) is 33.1. The maximum Gasteiger partial charge on any atom is 0.326 e. The Labute approximate surface area is 112 Å². The van der Waals surface area contributed by atoms with Crippen molar-refractivity contribution >= 4 is 5.97 Å². The molecule has 0 spiro atoms. The van der Waals surface area contributed by atoms with Crippen molar-refractivity contribution in [3.05, 3.63) is 35.9 Å². The van der Waals surface area contributed by atoms with Crippen molar-refractivity contribution in [1.82, 2.24) is 0 Å². The van der Waals surface area contributed by atoms with Crippen LogP contribution in [0.25, 0.3) is 0 Å². The largest absolute Gasteiger partial charge is 0.459 e. The van der Waals surface area contributed by atoms with Crippen molar-refractivity contribution < 1.29 is 14.3 Å². The molecule has 102 valence electrons. The third-order valence-corrected chi connectivity index (χ3v) is 4.00. The molecule has 1 aromatic carbocycles. The smallest absolute Gasteiger partial charge is 0.326 e. The number of esters is 1. The lowest BCUT2D eigenvalue weighted by atomic mass is 9.87. The highest BCUT2D eigenvalue weighted by molar-refractivity contribution is 5.81. The zero-order valence-corrected chi connectivity index (χ0v) is 10.9. The van der Waals surface area contributed by atoms with Gasteiger partial charge in [0.1, 0.15) is 12.1 Å². The van der Waals surface area contributed by atoms with E-state index in [1.165, 1.54) is 0 Å². The minimum atomic E-state index is -0.862. The molecule has 0 saturated carbocycles. The Morgan fingerprint density at radius 1 is 1.26 bits per heavy atom. The van der Waals surface area contributed by atoms with Gasteiger partial charge in [0.25, 0.3) is 0 Å². The van der Waals surface area contributed by atoms with Crippen molar-refractivity contribution in [3.63, 3.8) is 0 Å². The van der Waals surface area contributed by atoms with Crippen LogP contribution in [0, 0.1) is 0 Å². The van der Waals surface area contributed by atoms with E-state index >= 15 is 0 Å². The second-order valence-corrected chi connectivity index (χ2v) is 5.58. The first-order valence-corrected chi connectivity index (χ1v) is 6.81. The Kier molecular flexibility index (Phi) is 3.29. The summed E-state index contributed by atoms with van der Waals surface area (Å²) < 4.78 is 11.1. The summed E-state index contributed by atoms with van der Waals surface area (Å²) >= 11 is 0. The van der Waals surface area contributed by atoms with Crippen LogP contribution in [0.5, 0.6) is 0 Å². The Morgan fingerprint density at radius 3 is 2.53 bits per heavy atom. The monoisotopic (exact) mass is 261 g/mol. The molecule has 2 unspecified atom stereocenters. The third kappa shape index (κ3) is 2.65. The van der Waals surface area contributed by atoms with Gasteiger partial charge in [0, 0.05) is 12.8 Å². The van der Waals surface area contributed by atoms with Crippen molar-refractivity contribution in [1.29, 1.82) is 0 Å². The molecular weight excluding hydrogens is 242 g/mol. The van der Waals surface area contributed by atoms with Gasteiger partial charge in [-0.3, -0.25) is 4.79 Å². The zero-order chi connectivity index (χ0) is 13.3. The number of benzene rings is 1. The van der Waals surface area contributed by atoms with E-state index in [1.807, 2.05) is 30.3 Å². The molecule has 0 radical (unpaired) electrons. The number of carbonyl (C=O) groups excluding carboxylic acids is 1. The first kappa shape index (κ1) is 12.6. The van der Waals surface area contributed by atoms with Gasteiger partial charge in [-0.05, 0) is 18.4 Å². The fourth-order valence-corrected chi connectivity index (χ4v) is 3.01. The molecule has 4 nitrogen and oxygen atoms in total. The molecule has 2 bridgehead atoms. The number of hydrogen-bond donors (Lipinski definition) is 1. The van der Waals surface area contributed by atoms with Crippen LogP contribution in [-0.2, 0) is 20.9 Å². The van der Waals surface area contributed by atoms with Crippen LogP contribution in [0.3, 0.4) is 0 Å². The van der Waals surface area contributed by atoms with E-state index in [0.717, 1.165) is 18.4 Å². The fourth-order valence-electron chi connectivity index (χ4n) is 3.01. The van der Waals surface area contributed by atoms with Gasteiger partial charge in [-0.25, -0.2) is 0 Å². The van der Waals surface area contributed by atoms with Crippen LogP contribution in [-0.4, -0.2) is 23.7 Å². The number of carbonyl (C=O) groups is 1. The van der Waals surface area contributed by atoms with Crippen LogP contribution < -0.4 is 5.73 Å². The summed E-state index contributed by atoms with van der Waals surface area (Å²) in [5.41, 5.74) is 6.35. The molecular formula is C15H19NO3. The van der Waals surface area contributed by atoms with Crippen LogP contribution in [0.1, 0.15) is 31.2 Å². The van der Waals surface area contributed by atoms with Gasteiger partial charge in [0.15, 0.2) is 0 Å². The maximum atomic E-state index is 12.2. The quantitative estimate of drug-likeness (QED) is 0.842. The van der Waals surface area contributed by atoms with Gasteiger partial charge in [-0.2, -0.15) is 0 Å². The Balaban J connectivity index is 1.61. The van der Waals surface area contributed by atoms with E-state index in [0.29, 0.717) is 12.8 Å². The van der Waals surface area contributed by atoms with Crippen molar-refractivity contribution in [3.8, 4) is 0 Å². The molecule has 3 rings (SSSR count). The second kappa shape index (κ2) is 4.94. The number of hydrogen-bond acceptors (Lipinski definition) is 4. The van der Waals surface area contributed by atoms with Crippen molar-refractivity contribution in [2.75, 3.05) is 0 Å². The predicted octanol–water partition coefficient (Wildman–Crippen LogP) is 1.77. The standard InChI is InChI=1S/C15H19NO3/c16-15(8-12-6-7-13(9-15)19-12)14(17)18-10-11-4-2-1-3-5-11/h1-5,12-13H,6-10,16H2. The first-order chi connectivity index (χ1) is 9.16. The summed E-state index contributed by atoms with van der Waals surface area (Å²) in [5.74, 6) is -0.295. The second-order valence-electron chi connectivity index (χ2n) is 5.58. The molecule has 2 heterocycles. The molecule has 2 aliphatic rings. The number of ether oxygens (including phenoxy) is 2. The molecule has 2 N–H and O–H groups in total. The molecule has 1 aromatic rings. The van der Waals surface area contributed by atoms with E-state index in [-0.39, 0.29) is 24.8 Å². The Morgan fingerprint density at radius 2 is 1.89 bits per heavy atom. The lowest BCUT2D eigenvalue weighted by Crippen LogP contribution is -2.55. The van der Waals surface area contributed by atoms with Gasteiger partial charge in [0.2, 0.25) is 0 Å². The first-order valence-electron chi connectivity index (χ1n) is 6.81.